The first-order chi connectivity index (χ1) is 9.65. The van der Waals surface area contributed by atoms with E-state index in [9.17, 15) is 9.18 Å². The maximum absolute atomic E-state index is 13.3. The Hall–Kier alpha value is -2.36. The van der Waals surface area contributed by atoms with Crippen LogP contribution in [0.4, 0.5) is 4.39 Å². The third-order valence-corrected chi connectivity index (χ3v) is 2.84. The first-order valence-corrected chi connectivity index (χ1v) is 6.26. The van der Waals surface area contributed by atoms with E-state index in [2.05, 4.69) is 0 Å². The number of carbonyl (C=O) groups is 1. The summed E-state index contributed by atoms with van der Waals surface area (Å²) in [4.78, 5) is 12.3. The molecule has 0 fully saturated rings. The average molecular weight is 274 g/mol. The monoisotopic (exact) mass is 274 g/mol. The summed E-state index contributed by atoms with van der Waals surface area (Å²) in [5.74, 6) is 0.0876. The fraction of sp³-hybridized carbons (Fsp3) is 0.188. The Bertz CT molecular complexity index is 606. The van der Waals surface area contributed by atoms with Gasteiger partial charge in [0, 0.05) is 11.1 Å². The summed E-state index contributed by atoms with van der Waals surface area (Å²) in [6.07, 6.45) is 0. The van der Waals surface area contributed by atoms with Gasteiger partial charge in [0.05, 0.1) is 13.7 Å². The summed E-state index contributed by atoms with van der Waals surface area (Å²) in [6, 6.07) is 10.9. The molecule has 3 nitrogen and oxygen atoms in total. The molecule has 0 heterocycles. The highest BCUT2D eigenvalue weighted by molar-refractivity contribution is 6.09. The molecular formula is C16H15FO3. The Morgan fingerprint density at radius 1 is 1.10 bits per heavy atom. The van der Waals surface area contributed by atoms with E-state index in [0.29, 0.717) is 23.5 Å². The second-order valence-electron chi connectivity index (χ2n) is 4.14. The SMILES string of the molecule is CCOc1ccc(C(=O)c2ccc(F)c(OC)c2)cc1. The van der Waals surface area contributed by atoms with Crippen LogP contribution in [0.1, 0.15) is 22.8 Å². The zero-order valence-electron chi connectivity index (χ0n) is 11.4. The number of ether oxygens (including phenoxy) is 2. The normalized spacial score (nSPS) is 10.2. The number of methoxy groups -OCH3 is 1. The molecular weight excluding hydrogens is 259 g/mol. The van der Waals surface area contributed by atoms with Crippen molar-refractivity contribution in [1.82, 2.24) is 0 Å². The van der Waals surface area contributed by atoms with Crippen LogP contribution in [0.25, 0.3) is 0 Å². The van der Waals surface area contributed by atoms with Crippen molar-refractivity contribution in [2.45, 2.75) is 6.92 Å². The Kier molecular flexibility index (Phi) is 4.35. The van der Waals surface area contributed by atoms with Crippen LogP contribution in [0.15, 0.2) is 42.5 Å². The number of hydrogen-bond donors (Lipinski definition) is 0. The van der Waals surface area contributed by atoms with E-state index in [4.69, 9.17) is 9.47 Å². The average Bonchev–Trinajstić information content (AvgIpc) is 2.48. The van der Waals surface area contributed by atoms with Crippen LogP contribution in [0, 0.1) is 5.82 Å². The number of hydrogen-bond acceptors (Lipinski definition) is 3. The molecule has 0 aliphatic heterocycles. The minimum atomic E-state index is -0.490. The van der Waals surface area contributed by atoms with Crippen molar-refractivity contribution in [3.63, 3.8) is 0 Å². The summed E-state index contributed by atoms with van der Waals surface area (Å²) in [5.41, 5.74) is 0.898. The Balaban J connectivity index is 2.26. The summed E-state index contributed by atoms with van der Waals surface area (Å²) >= 11 is 0. The number of rotatable bonds is 5. The maximum atomic E-state index is 13.3. The van der Waals surface area contributed by atoms with E-state index in [1.54, 1.807) is 24.3 Å². The second kappa shape index (κ2) is 6.19. The van der Waals surface area contributed by atoms with Gasteiger partial charge >= 0.3 is 0 Å². The van der Waals surface area contributed by atoms with Gasteiger partial charge in [0.15, 0.2) is 17.3 Å². The van der Waals surface area contributed by atoms with Gasteiger partial charge in [0.25, 0.3) is 0 Å². The highest BCUT2D eigenvalue weighted by Gasteiger charge is 2.12. The Morgan fingerprint density at radius 3 is 2.35 bits per heavy atom. The van der Waals surface area contributed by atoms with Crippen molar-refractivity contribution in [3.8, 4) is 11.5 Å². The van der Waals surface area contributed by atoms with Crippen molar-refractivity contribution in [1.29, 1.82) is 0 Å². The highest BCUT2D eigenvalue weighted by Crippen LogP contribution is 2.21. The predicted octanol–water partition coefficient (Wildman–Crippen LogP) is 3.46. The largest absolute Gasteiger partial charge is 0.494 e. The molecule has 0 atom stereocenters. The maximum Gasteiger partial charge on any atom is 0.193 e. The van der Waals surface area contributed by atoms with Gasteiger partial charge in [-0.25, -0.2) is 4.39 Å². The van der Waals surface area contributed by atoms with E-state index in [0.717, 1.165) is 0 Å². The molecule has 0 aromatic heterocycles. The smallest absolute Gasteiger partial charge is 0.193 e. The van der Waals surface area contributed by atoms with Crippen molar-refractivity contribution < 1.29 is 18.7 Å². The fourth-order valence-corrected chi connectivity index (χ4v) is 1.84. The minimum absolute atomic E-state index is 0.0572. The summed E-state index contributed by atoms with van der Waals surface area (Å²) in [7, 11) is 1.36. The zero-order chi connectivity index (χ0) is 14.5. The van der Waals surface area contributed by atoms with Crippen molar-refractivity contribution in [2.24, 2.45) is 0 Å². The first kappa shape index (κ1) is 14.1. The van der Waals surface area contributed by atoms with Crippen LogP contribution < -0.4 is 9.47 Å². The molecule has 0 amide bonds. The lowest BCUT2D eigenvalue weighted by molar-refractivity contribution is 0.103. The molecule has 20 heavy (non-hydrogen) atoms. The second-order valence-corrected chi connectivity index (χ2v) is 4.14. The Labute approximate surface area is 117 Å². The minimum Gasteiger partial charge on any atom is -0.494 e. The molecule has 0 radical (unpaired) electrons. The van der Waals surface area contributed by atoms with E-state index < -0.39 is 5.82 Å². The molecule has 0 bridgehead atoms. The molecule has 104 valence electrons. The third kappa shape index (κ3) is 2.96. The quantitative estimate of drug-likeness (QED) is 0.783. The van der Waals surface area contributed by atoms with Gasteiger partial charge in [-0.3, -0.25) is 4.79 Å². The molecule has 4 heteroatoms. The number of carbonyl (C=O) groups excluding carboxylic acids is 1. The van der Waals surface area contributed by atoms with Gasteiger partial charge in [-0.1, -0.05) is 0 Å². The standard InChI is InChI=1S/C16H15FO3/c1-3-20-13-7-4-11(5-8-13)16(18)12-6-9-14(17)15(10-12)19-2/h4-10H,3H2,1-2H3. The van der Waals surface area contributed by atoms with E-state index in [1.807, 2.05) is 6.92 Å². The predicted molar refractivity (Wildman–Crippen MR) is 74.0 cm³/mol. The third-order valence-electron chi connectivity index (χ3n) is 2.84. The first-order valence-electron chi connectivity index (χ1n) is 6.26. The molecule has 2 aromatic rings. The van der Waals surface area contributed by atoms with Crippen molar-refractivity contribution in [2.75, 3.05) is 13.7 Å². The number of ketones is 1. The zero-order valence-corrected chi connectivity index (χ0v) is 11.4. The molecule has 0 N–H and O–H groups in total. The van der Waals surface area contributed by atoms with E-state index in [-0.39, 0.29) is 11.5 Å². The van der Waals surface area contributed by atoms with Gasteiger partial charge < -0.3 is 9.47 Å². The number of benzene rings is 2. The van der Waals surface area contributed by atoms with Crippen LogP contribution in [-0.4, -0.2) is 19.5 Å². The molecule has 0 saturated carbocycles. The van der Waals surface area contributed by atoms with Gasteiger partial charge in [-0.05, 0) is 49.4 Å². The molecule has 0 aliphatic rings. The van der Waals surface area contributed by atoms with Gasteiger partial charge in [0.2, 0.25) is 0 Å². The van der Waals surface area contributed by atoms with E-state index in [1.165, 1.54) is 25.3 Å². The van der Waals surface area contributed by atoms with Crippen molar-refractivity contribution in [3.05, 3.63) is 59.4 Å². The fourth-order valence-electron chi connectivity index (χ4n) is 1.84. The molecule has 2 rings (SSSR count). The molecule has 0 unspecified atom stereocenters. The summed E-state index contributed by atoms with van der Waals surface area (Å²) in [6.45, 7) is 2.46. The van der Waals surface area contributed by atoms with Crippen LogP contribution in [0.3, 0.4) is 0 Å². The van der Waals surface area contributed by atoms with Crippen LogP contribution in [0.2, 0.25) is 0 Å². The summed E-state index contributed by atoms with van der Waals surface area (Å²) < 4.78 is 23.5. The van der Waals surface area contributed by atoms with Crippen molar-refractivity contribution >= 4 is 5.78 Å². The van der Waals surface area contributed by atoms with Gasteiger partial charge in [-0.2, -0.15) is 0 Å². The topological polar surface area (TPSA) is 35.5 Å². The molecule has 0 spiro atoms. The molecule has 0 aliphatic carbocycles. The van der Waals surface area contributed by atoms with Crippen LogP contribution in [-0.2, 0) is 0 Å². The summed E-state index contributed by atoms with van der Waals surface area (Å²) in [5, 5.41) is 0. The Morgan fingerprint density at radius 2 is 1.75 bits per heavy atom. The molecule has 2 aromatic carbocycles. The lowest BCUT2D eigenvalue weighted by atomic mass is 10.0. The van der Waals surface area contributed by atoms with Gasteiger partial charge in [0.1, 0.15) is 5.75 Å². The van der Waals surface area contributed by atoms with Crippen LogP contribution >= 0.6 is 0 Å². The number of halogens is 1. The van der Waals surface area contributed by atoms with Gasteiger partial charge in [-0.15, -0.1) is 0 Å². The highest BCUT2D eigenvalue weighted by atomic mass is 19.1. The molecule has 0 saturated heterocycles. The van der Waals surface area contributed by atoms with E-state index >= 15 is 0 Å². The lowest BCUT2D eigenvalue weighted by Crippen LogP contribution is -2.02. The lowest BCUT2D eigenvalue weighted by Gasteiger charge is -2.06. The van der Waals surface area contributed by atoms with Crippen LogP contribution in [0.5, 0.6) is 11.5 Å².